The lowest BCUT2D eigenvalue weighted by atomic mass is 9.48. The maximum atomic E-state index is 2.56. The molecule has 13 rings (SSSR count). The van der Waals surface area contributed by atoms with Gasteiger partial charge < -0.3 is 4.90 Å². The Hall–Kier alpha value is -5.70. The van der Waals surface area contributed by atoms with Gasteiger partial charge in [-0.15, -0.1) is 11.3 Å². The predicted molar refractivity (Wildman–Crippen MR) is 240 cm³/mol. The van der Waals surface area contributed by atoms with Gasteiger partial charge in [0.1, 0.15) is 0 Å². The van der Waals surface area contributed by atoms with Crippen molar-refractivity contribution in [3.05, 3.63) is 175 Å². The molecule has 9 aromatic rings. The Balaban J connectivity index is 1.00. The highest BCUT2D eigenvalue weighted by Crippen LogP contribution is 2.61. The average Bonchev–Trinajstić information content (AvgIpc) is 3.61. The molecule has 2 heteroatoms. The van der Waals surface area contributed by atoms with Crippen LogP contribution in [-0.4, -0.2) is 0 Å². The molecule has 0 amide bonds. The first-order chi connectivity index (χ1) is 27.6. The molecule has 0 spiro atoms. The second kappa shape index (κ2) is 12.7. The van der Waals surface area contributed by atoms with Crippen LogP contribution in [0.2, 0.25) is 0 Å². The van der Waals surface area contributed by atoms with E-state index in [1.807, 2.05) is 11.3 Å². The van der Waals surface area contributed by atoms with Crippen LogP contribution < -0.4 is 4.90 Å². The quantitative estimate of drug-likeness (QED) is 0.164. The molecule has 4 bridgehead atoms. The zero-order valence-corrected chi connectivity index (χ0v) is 32.3. The highest BCUT2D eigenvalue weighted by Gasteiger charge is 2.51. The van der Waals surface area contributed by atoms with Gasteiger partial charge >= 0.3 is 0 Å². The SMILES string of the molecule is c1ccc(-c2cccc3cccc(-c4cccc(N(c5ccc6cc(C78CC9CC(CC(C9)C7)C8)ccc6c5)c5ccc6c(c5)sc5ccccc56)c4)c23)cc1. The third kappa shape index (κ3) is 5.26. The molecule has 4 saturated carbocycles. The standard InChI is InChI=1S/C54H43NS/c1-2-9-38(10-3-1)47-16-7-11-39-12-8-17-48(53(39)47)42-13-6-14-44(30-42)55(46-23-24-50-49-15-4-5-18-51(49)56-52(50)31-46)45-22-20-40-28-43(21-19-41(40)29-45)54-32-35-25-36(33-54)27-37(26-35)34-54/h1-24,28-31,35-37H,25-27,32-34H2. The van der Waals surface area contributed by atoms with Crippen LogP contribution in [0.1, 0.15) is 44.1 Å². The fourth-order valence-electron chi connectivity index (χ4n) is 11.7. The van der Waals surface area contributed by atoms with Gasteiger partial charge in [0.2, 0.25) is 0 Å². The van der Waals surface area contributed by atoms with Crippen molar-refractivity contribution in [2.75, 3.05) is 4.90 Å². The van der Waals surface area contributed by atoms with E-state index in [1.54, 1.807) is 5.56 Å². The third-order valence-corrected chi connectivity index (χ3v) is 14.9. The molecule has 4 fully saturated rings. The summed E-state index contributed by atoms with van der Waals surface area (Å²) in [6, 6.07) is 63.9. The van der Waals surface area contributed by atoms with Crippen LogP contribution in [0, 0.1) is 17.8 Å². The molecular weight excluding hydrogens is 695 g/mol. The van der Waals surface area contributed by atoms with Crippen LogP contribution in [-0.2, 0) is 5.41 Å². The van der Waals surface area contributed by atoms with E-state index in [0.29, 0.717) is 5.41 Å². The van der Waals surface area contributed by atoms with Crippen molar-refractivity contribution in [2.24, 2.45) is 17.8 Å². The minimum Gasteiger partial charge on any atom is -0.310 e. The normalized spacial score (nSPS) is 21.4. The number of benzene rings is 8. The van der Waals surface area contributed by atoms with Crippen LogP contribution in [0.25, 0.3) is 64.0 Å². The van der Waals surface area contributed by atoms with Crippen molar-refractivity contribution >= 4 is 70.1 Å². The van der Waals surface area contributed by atoms with Crippen molar-refractivity contribution in [1.29, 1.82) is 0 Å². The third-order valence-electron chi connectivity index (χ3n) is 13.8. The lowest BCUT2D eigenvalue weighted by Gasteiger charge is -2.57. The summed E-state index contributed by atoms with van der Waals surface area (Å²) in [5.74, 6) is 2.84. The number of rotatable bonds is 6. The van der Waals surface area contributed by atoms with Crippen LogP contribution in [0.5, 0.6) is 0 Å². The fourth-order valence-corrected chi connectivity index (χ4v) is 12.9. The number of anilines is 3. The van der Waals surface area contributed by atoms with E-state index < -0.39 is 0 Å². The second-order valence-electron chi connectivity index (χ2n) is 17.2. The van der Waals surface area contributed by atoms with E-state index in [1.165, 1.54) is 114 Å². The summed E-state index contributed by atoms with van der Waals surface area (Å²) < 4.78 is 2.64. The molecule has 4 aliphatic carbocycles. The number of hydrogen-bond acceptors (Lipinski definition) is 2. The van der Waals surface area contributed by atoms with Crippen molar-refractivity contribution in [2.45, 2.75) is 43.9 Å². The number of nitrogens with zero attached hydrogens (tertiary/aromatic N) is 1. The van der Waals surface area contributed by atoms with Crippen molar-refractivity contribution in [1.82, 2.24) is 0 Å². The summed E-state index contributed by atoms with van der Waals surface area (Å²) >= 11 is 1.89. The van der Waals surface area contributed by atoms with Crippen molar-refractivity contribution in [3.8, 4) is 22.3 Å². The van der Waals surface area contributed by atoms with E-state index in [9.17, 15) is 0 Å². The first-order valence-electron chi connectivity index (χ1n) is 20.6. The summed E-state index contributed by atoms with van der Waals surface area (Å²) in [5, 5.41) is 7.86. The first kappa shape index (κ1) is 32.5. The van der Waals surface area contributed by atoms with Crippen LogP contribution in [0.4, 0.5) is 17.1 Å². The van der Waals surface area contributed by atoms with Gasteiger partial charge in [0.25, 0.3) is 0 Å². The highest BCUT2D eigenvalue weighted by molar-refractivity contribution is 7.25. The number of hydrogen-bond donors (Lipinski definition) is 0. The summed E-state index contributed by atoms with van der Waals surface area (Å²) in [6.45, 7) is 0. The lowest BCUT2D eigenvalue weighted by Crippen LogP contribution is -2.48. The molecule has 0 saturated heterocycles. The van der Waals surface area contributed by atoms with Crippen LogP contribution in [0.3, 0.4) is 0 Å². The van der Waals surface area contributed by atoms with Gasteiger partial charge in [-0.05, 0) is 154 Å². The highest BCUT2D eigenvalue weighted by atomic mass is 32.1. The largest absolute Gasteiger partial charge is 0.310 e. The molecule has 0 N–H and O–H groups in total. The monoisotopic (exact) mass is 737 g/mol. The smallest absolute Gasteiger partial charge is 0.0476 e. The topological polar surface area (TPSA) is 3.24 Å². The van der Waals surface area contributed by atoms with E-state index in [4.69, 9.17) is 0 Å². The van der Waals surface area contributed by atoms with Gasteiger partial charge in [-0.2, -0.15) is 0 Å². The zero-order chi connectivity index (χ0) is 36.8. The number of fused-ring (bicyclic) bond motifs is 5. The maximum absolute atomic E-state index is 2.56. The van der Waals surface area contributed by atoms with Gasteiger partial charge in [0, 0.05) is 37.2 Å². The summed E-state index contributed by atoms with van der Waals surface area (Å²) in [6.07, 6.45) is 8.64. The molecule has 1 nitrogen and oxygen atoms in total. The Morgan fingerprint density at radius 2 is 1.04 bits per heavy atom. The van der Waals surface area contributed by atoms with Crippen molar-refractivity contribution in [3.63, 3.8) is 0 Å². The van der Waals surface area contributed by atoms with Crippen molar-refractivity contribution < 1.29 is 0 Å². The average molecular weight is 738 g/mol. The van der Waals surface area contributed by atoms with Gasteiger partial charge in [-0.3, -0.25) is 0 Å². The Kier molecular flexibility index (Phi) is 7.36. The second-order valence-corrected chi connectivity index (χ2v) is 18.3. The van der Waals surface area contributed by atoms with Gasteiger partial charge in [-0.25, -0.2) is 0 Å². The molecule has 0 atom stereocenters. The Labute approximate surface area is 332 Å². The lowest BCUT2D eigenvalue weighted by molar-refractivity contribution is -0.00512. The molecule has 56 heavy (non-hydrogen) atoms. The molecule has 0 radical (unpaired) electrons. The summed E-state index contributed by atoms with van der Waals surface area (Å²) in [5.41, 5.74) is 10.5. The number of thiophene rings is 1. The fraction of sp³-hybridized carbons (Fsp3) is 0.185. The summed E-state index contributed by atoms with van der Waals surface area (Å²) in [4.78, 5) is 2.48. The van der Waals surface area contributed by atoms with Crippen LogP contribution >= 0.6 is 11.3 Å². The van der Waals surface area contributed by atoms with Gasteiger partial charge in [0.15, 0.2) is 0 Å². The van der Waals surface area contributed by atoms with Crippen LogP contribution in [0.15, 0.2) is 170 Å². The molecule has 270 valence electrons. The zero-order valence-electron chi connectivity index (χ0n) is 31.5. The maximum Gasteiger partial charge on any atom is 0.0476 e. The Bertz CT molecular complexity index is 2930. The molecular formula is C54H43NS. The predicted octanol–water partition coefficient (Wildman–Crippen LogP) is 15.6. The Morgan fingerprint density at radius 1 is 0.429 bits per heavy atom. The molecule has 8 aromatic carbocycles. The summed E-state index contributed by atoms with van der Waals surface area (Å²) in [7, 11) is 0. The minimum atomic E-state index is 0.399. The van der Waals surface area contributed by atoms with E-state index in [-0.39, 0.29) is 0 Å². The first-order valence-corrected chi connectivity index (χ1v) is 21.4. The minimum absolute atomic E-state index is 0.399. The Morgan fingerprint density at radius 3 is 1.84 bits per heavy atom. The molecule has 4 aliphatic rings. The van der Waals surface area contributed by atoms with Gasteiger partial charge in [0.05, 0.1) is 0 Å². The van der Waals surface area contributed by atoms with E-state index >= 15 is 0 Å². The molecule has 1 heterocycles. The molecule has 0 unspecified atom stereocenters. The van der Waals surface area contributed by atoms with E-state index in [2.05, 4.69) is 175 Å². The van der Waals surface area contributed by atoms with Gasteiger partial charge in [-0.1, -0.05) is 127 Å². The molecule has 0 aliphatic heterocycles. The van der Waals surface area contributed by atoms with E-state index in [0.717, 1.165) is 23.4 Å². The molecule has 1 aromatic heterocycles.